The quantitative estimate of drug-likeness (QED) is 0.335. The van der Waals surface area contributed by atoms with Gasteiger partial charge in [0.15, 0.2) is 11.0 Å². The highest BCUT2D eigenvalue weighted by molar-refractivity contribution is 7.98. The second-order valence-corrected chi connectivity index (χ2v) is 13.4. The first-order chi connectivity index (χ1) is 16.4. The van der Waals surface area contributed by atoms with E-state index >= 15 is 0 Å². The molecule has 0 radical (unpaired) electrons. The molecule has 4 heteroatoms. The summed E-state index contributed by atoms with van der Waals surface area (Å²) in [4.78, 5) is 0. The van der Waals surface area contributed by atoms with Gasteiger partial charge in [0, 0.05) is 17.4 Å². The average molecular weight is 490 g/mol. The number of nitrogens with zero attached hydrogens (tertiary/aromatic N) is 3. The van der Waals surface area contributed by atoms with E-state index in [0.29, 0.717) is 6.04 Å². The number of thioether (sulfide) groups is 1. The predicted octanol–water partition coefficient (Wildman–Crippen LogP) is 8.95. The zero-order valence-electron chi connectivity index (χ0n) is 23.0. The van der Waals surface area contributed by atoms with E-state index in [0.717, 1.165) is 16.7 Å². The van der Waals surface area contributed by atoms with E-state index in [1.807, 2.05) is 11.8 Å². The SMILES string of the molecule is Cc1cc(C(C)(C)C)cc(C)c1CSc1nnc(-c2ccc(C(C)(C)C)cc2)n1C1CCCCC1. The minimum absolute atomic E-state index is 0.148. The summed E-state index contributed by atoms with van der Waals surface area (Å²) in [6, 6.07) is 14.2. The highest BCUT2D eigenvalue weighted by Crippen LogP contribution is 2.38. The van der Waals surface area contributed by atoms with Gasteiger partial charge in [-0.05, 0) is 65.3 Å². The fraction of sp³-hybridized carbons (Fsp3) is 0.548. The number of aryl methyl sites for hydroxylation is 2. The van der Waals surface area contributed by atoms with Crippen LogP contribution in [0.1, 0.15) is 108 Å². The molecule has 1 heterocycles. The van der Waals surface area contributed by atoms with Gasteiger partial charge < -0.3 is 0 Å². The van der Waals surface area contributed by atoms with E-state index < -0.39 is 0 Å². The largest absolute Gasteiger partial charge is 0.299 e. The Morgan fingerprint density at radius 3 is 1.91 bits per heavy atom. The van der Waals surface area contributed by atoms with Crippen LogP contribution in [0.15, 0.2) is 41.6 Å². The standard InChI is InChI=1S/C31H43N3S/c1-21-18-25(31(6,7)8)19-22(2)27(21)20-35-29-33-32-28(34(29)26-12-10-9-11-13-26)23-14-16-24(17-15-23)30(3,4)5/h14-19,26H,9-13,20H2,1-8H3. The van der Waals surface area contributed by atoms with Crippen molar-refractivity contribution < 1.29 is 0 Å². The van der Waals surface area contributed by atoms with Crippen molar-refractivity contribution in [1.82, 2.24) is 14.8 Å². The molecule has 0 spiro atoms. The highest BCUT2D eigenvalue weighted by Gasteiger charge is 2.25. The van der Waals surface area contributed by atoms with Crippen LogP contribution in [0.25, 0.3) is 11.4 Å². The van der Waals surface area contributed by atoms with Crippen molar-refractivity contribution in [2.75, 3.05) is 0 Å². The molecular formula is C31H43N3S. The molecule has 0 unspecified atom stereocenters. The van der Waals surface area contributed by atoms with Crippen molar-refractivity contribution in [3.63, 3.8) is 0 Å². The van der Waals surface area contributed by atoms with Crippen molar-refractivity contribution in [3.05, 3.63) is 64.2 Å². The lowest BCUT2D eigenvalue weighted by Crippen LogP contribution is -2.15. The molecule has 0 bridgehead atoms. The van der Waals surface area contributed by atoms with E-state index in [4.69, 9.17) is 10.2 Å². The van der Waals surface area contributed by atoms with Gasteiger partial charge in [-0.15, -0.1) is 10.2 Å². The lowest BCUT2D eigenvalue weighted by molar-refractivity contribution is 0.339. The minimum Gasteiger partial charge on any atom is -0.299 e. The highest BCUT2D eigenvalue weighted by atomic mass is 32.2. The molecule has 0 saturated heterocycles. The summed E-state index contributed by atoms with van der Waals surface area (Å²) in [6.45, 7) is 18.2. The summed E-state index contributed by atoms with van der Waals surface area (Å²) in [5.41, 5.74) is 8.43. The van der Waals surface area contributed by atoms with Crippen LogP contribution in [0, 0.1) is 13.8 Å². The van der Waals surface area contributed by atoms with Crippen molar-refractivity contribution in [2.24, 2.45) is 0 Å². The maximum absolute atomic E-state index is 4.75. The van der Waals surface area contributed by atoms with Gasteiger partial charge in [0.25, 0.3) is 0 Å². The Bertz CT molecular complexity index is 1130. The van der Waals surface area contributed by atoms with Gasteiger partial charge in [0.2, 0.25) is 0 Å². The summed E-state index contributed by atoms with van der Waals surface area (Å²) >= 11 is 1.85. The van der Waals surface area contributed by atoms with Gasteiger partial charge >= 0.3 is 0 Å². The third-order valence-corrected chi connectivity index (χ3v) is 8.49. The van der Waals surface area contributed by atoms with E-state index in [2.05, 4.69) is 96.4 Å². The van der Waals surface area contributed by atoms with Crippen LogP contribution in [0.4, 0.5) is 0 Å². The molecule has 1 aromatic heterocycles. The van der Waals surface area contributed by atoms with Crippen molar-refractivity contribution in [2.45, 2.75) is 115 Å². The number of hydrogen-bond acceptors (Lipinski definition) is 3. The molecule has 188 valence electrons. The Balaban J connectivity index is 1.65. The Hall–Kier alpha value is -2.07. The van der Waals surface area contributed by atoms with Gasteiger partial charge in [0.05, 0.1) is 0 Å². The number of hydrogen-bond donors (Lipinski definition) is 0. The Labute approximate surface area is 217 Å². The summed E-state index contributed by atoms with van der Waals surface area (Å²) < 4.78 is 2.46. The molecule has 1 fully saturated rings. The van der Waals surface area contributed by atoms with Crippen LogP contribution in [0.5, 0.6) is 0 Å². The lowest BCUT2D eigenvalue weighted by atomic mass is 9.84. The number of benzene rings is 2. The van der Waals surface area contributed by atoms with E-state index in [-0.39, 0.29) is 10.8 Å². The molecule has 0 amide bonds. The molecule has 1 saturated carbocycles. The zero-order valence-corrected chi connectivity index (χ0v) is 23.9. The fourth-order valence-electron chi connectivity index (χ4n) is 5.15. The second-order valence-electron chi connectivity index (χ2n) is 12.4. The third-order valence-electron chi connectivity index (χ3n) is 7.52. The smallest absolute Gasteiger partial charge is 0.192 e. The summed E-state index contributed by atoms with van der Waals surface area (Å²) in [5, 5.41) is 10.6. The molecule has 1 aliphatic rings. The molecule has 4 rings (SSSR count). The second kappa shape index (κ2) is 10.1. The average Bonchev–Trinajstić information content (AvgIpc) is 3.22. The Morgan fingerprint density at radius 2 is 1.37 bits per heavy atom. The van der Waals surface area contributed by atoms with Crippen LogP contribution < -0.4 is 0 Å². The molecular weight excluding hydrogens is 446 g/mol. The summed E-state index contributed by atoms with van der Waals surface area (Å²) in [7, 11) is 0. The third kappa shape index (κ3) is 5.85. The van der Waals surface area contributed by atoms with Crippen LogP contribution in [0.3, 0.4) is 0 Å². The van der Waals surface area contributed by atoms with Gasteiger partial charge in [-0.25, -0.2) is 0 Å². The minimum atomic E-state index is 0.148. The van der Waals surface area contributed by atoms with Crippen LogP contribution in [-0.2, 0) is 16.6 Å². The molecule has 0 aliphatic heterocycles. The van der Waals surface area contributed by atoms with E-state index in [1.54, 1.807) is 0 Å². The maximum atomic E-state index is 4.75. The van der Waals surface area contributed by atoms with Crippen LogP contribution in [-0.4, -0.2) is 14.8 Å². The first-order valence-corrected chi connectivity index (χ1v) is 14.2. The van der Waals surface area contributed by atoms with Crippen LogP contribution in [0.2, 0.25) is 0 Å². The number of rotatable bonds is 5. The monoisotopic (exact) mass is 489 g/mol. The van der Waals surface area contributed by atoms with Crippen molar-refractivity contribution in [1.29, 1.82) is 0 Å². The summed E-state index contributed by atoms with van der Waals surface area (Å²) in [6.07, 6.45) is 6.37. The normalized spacial score (nSPS) is 15.5. The molecule has 3 aromatic rings. The maximum Gasteiger partial charge on any atom is 0.192 e. The molecule has 0 N–H and O–H groups in total. The summed E-state index contributed by atoms with van der Waals surface area (Å²) in [5.74, 6) is 1.95. The Kier molecular flexibility index (Phi) is 7.52. The predicted molar refractivity (Wildman–Crippen MR) is 150 cm³/mol. The van der Waals surface area contributed by atoms with Crippen LogP contribution >= 0.6 is 11.8 Å². The molecule has 35 heavy (non-hydrogen) atoms. The fourth-order valence-corrected chi connectivity index (χ4v) is 6.35. The van der Waals surface area contributed by atoms with Gasteiger partial charge in [-0.1, -0.05) is 109 Å². The van der Waals surface area contributed by atoms with Gasteiger partial charge in [-0.2, -0.15) is 0 Å². The topological polar surface area (TPSA) is 30.7 Å². The first kappa shape index (κ1) is 26.0. The lowest BCUT2D eigenvalue weighted by Gasteiger charge is -2.26. The number of aromatic nitrogens is 3. The zero-order chi connectivity index (χ0) is 25.4. The molecule has 0 atom stereocenters. The molecule has 2 aromatic carbocycles. The van der Waals surface area contributed by atoms with E-state index in [9.17, 15) is 0 Å². The van der Waals surface area contributed by atoms with Crippen molar-refractivity contribution >= 4 is 11.8 Å². The molecule has 3 nitrogen and oxygen atoms in total. The first-order valence-electron chi connectivity index (χ1n) is 13.2. The Morgan fingerprint density at radius 1 is 0.800 bits per heavy atom. The molecule has 1 aliphatic carbocycles. The van der Waals surface area contributed by atoms with E-state index in [1.165, 1.54) is 65.5 Å². The van der Waals surface area contributed by atoms with Gasteiger partial charge in [-0.3, -0.25) is 4.57 Å². The van der Waals surface area contributed by atoms with Gasteiger partial charge in [0.1, 0.15) is 0 Å². The van der Waals surface area contributed by atoms with Crippen molar-refractivity contribution in [3.8, 4) is 11.4 Å².